The number of hydrazone groups is 1. The molecule has 0 N–H and O–H groups in total. The molecule has 0 saturated carbocycles. The zero-order chi connectivity index (χ0) is 19.8. The van der Waals surface area contributed by atoms with Crippen molar-refractivity contribution in [2.45, 2.75) is 26.9 Å². The number of anilines is 2. The van der Waals surface area contributed by atoms with Gasteiger partial charge in [-0.1, -0.05) is 23.7 Å². The van der Waals surface area contributed by atoms with E-state index in [0.29, 0.717) is 10.9 Å². The van der Waals surface area contributed by atoms with Gasteiger partial charge in [-0.05, 0) is 72.8 Å². The smallest absolute Gasteiger partial charge is 0.198 e. The van der Waals surface area contributed by atoms with Crippen LogP contribution in [0.4, 0.5) is 11.4 Å². The van der Waals surface area contributed by atoms with E-state index in [0.717, 1.165) is 16.3 Å². The summed E-state index contributed by atoms with van der Waals surface area (Å²) >= 11 is 7.72. The highest BCUT2D eigenvalue weighted by atomic mass is 35.5. The summed E-state index contributed by atoms with van der Waals surface area (Å²) in [5.74, 6) is 0.354. The zero-order valence-corrected chi connectivity index (χ0v) is 17.5. The SMILES string of the molecule is CC(=O)C1=NN(c2ccc(Cl)cc2)C(c2cccs2)N1c1ccc(C)c(C)c1. The average Bonchev–Trinajstić information content (AvgIpc) is 3.32. The molecule has 1 atom stereocenters. The Labute approximate surface area is 173 Å². The number of rotatable bonds is 4. The Balaban J connectivity index is 1.88. The second kappa shape index (κ2) is 7.41. The summed E-state index contributed by atoms with van der Waals surface area (Å²) in [6, 6.07) is 17.9. The van der Waals surface area contributed by atoms with E-state index in [9.17, 15) is 4.79 Å². The number of carbonyl (C=O) groups is 1. The Bertz CT molecular complexity index is 1040. The fourth-order valence-electron chi connectivity index (χ4n) is 3.29. The Morgan fingerprint density at radius 2 is 1.75 bits per heavy atom. The molecule has 0 amide bonds. The molecule has 0 fully saturated rings. The average molecular weight is 410 g/mol. The predicted octanol–water partition coefficient (Wildman–Crippen LogP) is 5.95. The van der Waals surface area contributed by atoms with Crippen molar-refractivity contribution in [3.05, 3.63) is 81.0 Å². The number of aryl methyl sites for hydroxylation is 2. The minimum atomic E-state index is -0.234. The molecule has 0 radical (unpaired) electrons. The van der Waals surface area contributed by atoms with E-state index in [1.54, 1.807) is 18.3 Å². The molecule has 1 unspecified atom stereocenters. The van der Waals surface area contributed by atoms with Gasteiger partial charge in [0, 0.05) is 22.5 Å². The van der Waals surface area contributed by atoms with Gasteiger partial charge in [0.15, 0.2) is 17.8 Å². The number of thiophene rings is 1. The number of nitrogens with zero attached hydrogens (tertiary/aromatic N) is 3. The Hall–Kier alpha value is -2.63. The molecule has 4 nitrogen and oxygen atoms in total. The molecule has 3 aromatic rings. The van der Waals surface area contributed by atoms with Crippen LogP contribution in [0.2, 0.25) is 5.02 Å². The van der Waals surface area contributed by atoms with E-state index >= 15 is 0 Å². The van der Waals surface area contributed by atoms with Gasteiger partial charge in [0.05, 0.1) is 5.69 Å². The number of Topliss-reactive ketones (excluding diaryl/α,β-unsaturated/α-hetero) is 1. The number of amidine groups is 1. The van der Waals surface area contributed by atoms with Crippen molar-refractivity contribution < 1.29 is 4.79 Å². The lowest BCUT2D eigenvalue weighted by atomic mass is 10.1. The van der Waals surface area contributed by atoms with Gasteiger partial charge in [0.2, 0.25) is 0 Å². The van der Waals surface area contributed by atoms with Gasteiger partial charge < -0.3 is 0 Å². The fourth-order valence-corrected chi connectivity index (χ4v) is 4.21. The Kier molecular flexibility index (Phi) is 4.96. The fraction of sp³-hybridized carbons (Fsp3) is 0.182. The molecule has 28 heavy (non-hydrogen) atoms. The summed E-state index contributed by atoms with van der Waals surface area (Å²) in [7, 11) is 0. The van der Waals surface area contributed by atoms with Crippen molar-refractivity contribution >= 4 is 45.9 Å². The van der Waals surface area contributed by atoms with Crippen LogP contribution in [0.25, 0.3) is 0 Å². The first kappa shape index (κ1) is 18.7. The number of halogens is 1. The molecule has 0 saturated heterocycles. The molecule has 2 aromatic carbocycles. The molecular formula is C22H20ClN3OS. The number of benzene rings is 2. The number of hydrogen-bond acceptors (Lipinski definition) is 5. The van der Waals surface area contributed by atoms with E-state index in [4.69, 9.17) is 16.7 Å². The molecule has 142 valence electrons. The van der Waals surface area contributed by atoms with Crippen molar-refractivity contribution in [1.29, 1.82) is 0 Å². The van der Waals surface area contributed by atoms with Gasteiger partial charge in [0.1, 0.15) is 0 Å². The largest absolute Gasteiger partial charge is 0.294 e. The second-order valence-corrected chi connectivity index (χ2v) is 8.24. The van der Waals surface area contributed by atoms with Crippen LogP contribution < -0.4 is 9.91 Å². The highest BCUT2D eigenvalue weighted by Gasteiger charge is 2.39. The number of hydrogen-bond donors (Lipinski definition) is 0. The molecule has 6 heteroatoms. The zero-order valence-electron chi connectivity index (χ0n) is 15.9. The van der Waals surface area contributed by atoms with Crippen molar-refractivity contribution in [2.24, 2.45) is 5.10 Å². The molecule has 0 bridgehead atoms. The molecule has 0 aliphatic carbocycles. The molecule has 1 aliphatic rings. The van der Waals surface area contributed by atoms with E-state index in [2.05, 4.69) is 32.0 Å². The van der Waals surface area contributed by atoms with Gasteiger partial charge in [0.25, 0.3) is 0 Å². The molecule has 2 heterocycles. The summed E-state index contributed by atoms with van der Waals surface area (Å²) in [6.07, 6.45) is -0.234. The maximum atomic E-state index is 12.5. The van der Waals surface area contributed by atoms with Crippen molar-refractivity contribution in [3.63, 3.8) is 0 Å². The monoisotopic (exact) mass is 409 g/mol. The van der Waals surface area contributed by atoms with Crippen LogP contribution in [0, 0.1) is 13.8 Å². The standard InChI is InChI=1S/C22H20ClN3OS/c1-14-6-9-19(13-15(14)2)25-21(16(3)27)24-26(18-10-7-17(23)8-11-18)22(25)20-5-4-12-28-20/h4-13,22H,1-3H3. The van der Waals surface area contributed by atoms with Crippen LogP contribution in [0.5, 0.6) is 0 Å². The van der Waals surface area contributed by atoms with E-state index in [1.807, 2.05) is 51.7 Å². The first-order valence-electron chi connectivity index (χ1n) is 9.00. The van der Waals surface area contributed by atoms with E-state index < -0.39 is 0 Å². The minimum absolute atomic E-state index is 0.0729. The van der Waals surface area contributed by atoms with Crippen LogP contribution in [0.1, 0.15) is 29.1 Å². The number of carbonyl (C=O) groups excluding carboxylic acids is 1. The van der Waals surface area contributed by atoms with Gasteiger partial charge in [-0.15, -0.1) is 16.4 Å². The lowest BCUT2D eigenvalue weighted by Crippen LogP contribution is -2.37. The maximum absolute atomic E-state index is 12.5. The highest BCUT2D eigenvalue weighted by molar-refractivity contribution is 7.10. The van der Waals surface area contributed by atoms with Crippen LogP contribution in [-0.2, 0) is 4.79 Å². The first-order valence-corrected chi connectivity index (χ1v) is 10.3. The summed E-state index contributed by atoms with van der Waals surface area (Å²) < 4.78 is 0. The summed E-state index contributed by atoms with van der Waals surface area (Å²) in [5, 5.41) is 9.33. The van der Waals surface area contributed by atoms with Crippen molar-refractivity contribution in [2.75, 3.05) is 9.91 Å². The number of ketones is 1. The van der Waals surface area contributed by atoms with Crippen LogP contribution in [-0.4, -0.2) is 11.6 Å². The molecule has 1 aliphatic heterocycles. The second-order valence-electron chi connectivity index (χ2n) is 6.83. The van der Waals surface area contributed by atoms with Crippen LogP contribution >= 0.6 is 22.9 Å². The normalized spacial score (nSPS) is 16.4. The first-order chi connectivity index (χ1) is 13.5. The predicted molar refractivity (Wildman–Crippen MR) is 118 cm³/mol. The van der Waals surface area contributed by atoms with E-state index in [1.165, 1.54) is 11.1 Å². The maximum Gasteiger partial charge on any atom is 0.198 e. The van der Waals surface area contributed by atoms with Crippen molar-refractivity contribution in [1.82, 2.24) is 0 Å². The third-order valence-electron chi connectivity index (χ3n) is 4.88. The van der Waals surface area contributed by atoms with Gasteiger partial charge in [-0.2, -0.15) is 0 Å². The molecule has 4 rings (SSSR count). The van der Waals surface area contributed by atoms with Crippen LogP contribution in [0.15, 0.2) is 65.1 Å². The Morgan fingerprint density at radius 3 is 2.36 bits per heavy atom. The Morgan fingerprint density at radius 1 is 1.04 bits per heavy atom. The quantitative estimate of drug-likeness (QED) is 0.534. The van der Waals surface area contributed by atoms with E-state index in [-0.39, 0.29) is 11.9 Å². The topological polar surface area (TPSA) is 35.9 Å². The summed E-state index contributed by atoms with van der Waals surface area (Å²) in [4.78, 5) is 15.6. The minimum Gasteiger partial charge on any atom is -0.294 e. The summed E-state index contributed by atoms with van der Waals surface area (Å²) in [5.41, 5.74) is 4.22. The molecular weight excluding hydrogens is 390 g/mol. The lowest BCUT2D eigenvalue weighted by molar-refractivity contribution is -0.111. The lowest BCUT2D eigenvalue weighted by Gasteiger charge is -2.31. The van der Waals surface area contributed by atoms with Gasteiger partial charge in [-0.3, -0.25) is 9.69 Å². The molecule has 0 spiro atoms. The van der Waals surface area contributed by atoms with Crippen molar-refractivity contribution in [3.8, 4) is 0 Å². The third-order valence-corrected chi connectivity index (χ3v) is 6.04. The van der Waals surface area contributed by atoms with Crippen LogP contribution in [0.3, 0.4) is 0 Å². The highest BCUT2D eigenvalue weighted by Crippen LogP contribution is 2.41. The third kappa shape index (κ3) is 3.32. The summed E-state index contributed by atoms with van der Waals surface area (Å²) in [6.45, 7) is 5.72. The molecule has 1 aromatic heterocycles. The van der Waals surface area contributed by atoms with Gasteiger partial charge >= 0.3 is 0 Å². The van der Waals surface area contributed by atoms with Gasteiger partial charge in [-0.25, -0.2) is 5.01 Å².